The van der Waals surface area contributed by atoms with Crippen molar-refractivity contribution in [2.45, 2.75) is 0 Å². The van der Waals surface area contributed by atoms with Crippen LogP contribution in [0.15, 0.2) is 92.0 Å². The summed E-state index contributed by atoms with van der Waals surface area (Å²) in [6.07, 6.45) is 0. The fourth-order valence-corrected chi connectivity index (χ4v) is 2.86. The lowest BCUT2D eigenvalue weighted by atomic mass is 10.2. The molecule has 0 unspecified atom stereocenters. The molecule has 0 radical (unpaired) electrons. The molecule has 6 nitrogen and oxygen atoms in total. The molecule has 3 rings (SSSR count). The van der Waals surface area contributed by atoms with Crippen LogP contribution in [0.2, 0.25) is 0 Å². The van der Waals surface area contributed by atoms with Gasteiger partial charge in [0.05, 0.1) is 22.5 Å². The Morgan fingerprint density at radius 2 is 1.54 bits per heavy atom. The van der Waals surface area contributed by atoms with Gasteiger partial charge in [0.2, 0.25) is 0 Å². The molecule has 0 bridgehead atoms. The minimum atomic E-state index is -0.504. The second-order valence-electron chi connectivity index (χ2n) is 5.53. The molecule has 3 aromatic carbocycles. The number of rotatable bonds is 5. The molecule has 28 heavy (non-hydrogen) atoms. The number of anilines is 1. The lowest BCUT2D eigenvalue weighted by Crippen LogP contribution is -2.10. The number of carbonyl (C=O) groups excluding carboxylic acids is 2. The number of benzene rings is 3. The van der Waals surface area contributed by atoms with Gasteiger partial charge in [-0.2, -0.15) is 0 Å². The number of halogens is 2. The van der Waals surface area contributed by atoms with Crippen LogP contribution < -0.4 is 5.48 Å². The highest BCUT2D eigenvalue weighted by Gasteiger charge is 2.09. The maximum atomic E-state index is 12.1. The number of hydrogen-bond acceptors (Lipinski definition) is 5. The Bertz CT molecular complexity index is 1020. The lowest BCUT2D eigenvalue weighted by Gasteiger charge is -2.07. The number of azo groups is 1. The number of amides is 1. The molecule has 0 saturated carbocycles. The molecule has 0 aliphatic rings. The van der Waals surface area contributed by atoms with E-state index in [1.807, 2.05) is 6.07 Å². The summed E-state index contributed by atoms with van der Waals surface area (Å²) in [6.45, 7) is 0. The van der Waals surface area contributed by atoms with Gasteiger partial charge in [-0.3, -0.25) is 4.79 Å². The minimum absolute atomic E-state index is 0.423. The number of hydrogen-bond donors (Lipinski definition) is 1. The van der Waals surface area contributed by atoms with Crippen LogP contribution in [0.25, 0.3) is 0 Å². The largest absolute Gasteiger partial charge is 0.362 e. The Morgan fingerprint density at radius 3 is 2.21 bits per heavy atom. The highest BCUT2D eigenvalue weighted by Crippen LogP contribution is 2.20. The number of nitrogens with one attached hydrogen (secondary N) is 1. The summed E-state index contributed by atoms with van der Waals surface area (Å²) >= 11 is 6.61. The van der Waals surface area contributed by atoms with Crippen molar-refractivity contribution in [3.63, 3.8) is 0 Å². The average molecular weight is 503 g/mol. The third-order valence-corrected chi connectivity index (χ3v) is 4.79. The van der Waals surface area contributed by atoms with E-state index in [0.29, 0.717) is 27.0 Å². The van der Waals surface area contributed by atoms with E-state index in [4.69, 9.17) is 4.84 Å². The molecule has 1 N–H and O–H groups in total. The van der Waals surface area contributed by atoms with Crippen LogP contribution in [-0.2, 0) is 4.84 Å². The van der Waals surface area contributed by atoms with E-state index in [9.17, 15) is 9.59 Å². The second-order valence-corrected chi connectivity index (χ2v) is 7.30. The van der Waals surface area contributed by atoms with Crippen molar-refractivity contribution in [1.82, 2.24) is 0 Å². The first kappa shape index (κ1) is 19.9. The Kier molecular flexibility index (Phi) is 6.67. The number of carbonyl (C=O) groups is 2. The third-order valence-electron chi connectivity index (χ3n) is 3.57. The second kappa shape index (κ2) is 9.38. The first-order chi connectivity index (χ1) is 13.5. The van der Waals surface area contributed by atoms with E-state index in [2.05, 4.69) is 47.6 Å². The van der Waals surface area contributed by atoms with Gasteiger partial charge in [0.15, 0.2) is 0 Å². The summed E-state index contributed by atoms with van der Waals surface area (Å²) in [5.41, 5.74) is 4.48. The van der Waals surface area contributed by atoms with Crippen molar-refractivity contribution < 1.29 is 14.4 Å². The lowest BCUT2D eigenvalue weighted by molar-refractivity contribution is 0.0596. The zero-order chi connectivity index (χ0) is 19.9. The Balaban J connectivity index is 1.57. The van der Waals surface area contributed by atoms with Crippen molar-refractivity contribution >= 4 is 55.1 Å². The molecule has 0 saturated heterocycles. The maximum absolute atomic E-state index is 12.1. The molecule has 0 fully saturated rings. The predicted molar refractivity (Wildman–Crippen MR) is 113 cm³/mol. The zero-order valence-electron chi connectivity index (χ0n) is 14.3. The molecular weight excluding hydrogens is 490 g/mol. The normalized spacial score (nSPS) is 10.6. The highest BCUT2D eigenvalue weighted by atomic mass is 79.9. The third kappa shape index (κ3) is 5.34. The van der Waals surface area contributed by atoms with E-state index in [-0.39, 0.29) is 0 Å². The molecule has 8 heteroatoms. The molecule has 0 aliphatic carbocycles. The van der Waals surface area contributed by atoms with Gasteiger partial charge in [-0.1, -0.05) is 28.1 Å². The molecule has 140 valence electrons. The molecule has 3 aromatic rings. The van der Waals surface area contributed by atoms with Gasteiger partial charge in [0.1, 0.15) is 0 Å². The summed E-state index contributed by atoms with van der Waals surface area (Å²) in [5, 5.41) is 7.65. The van der Waals surface area contributed by atoms with Gasteiger partial charge < -0.3 is 4.84 Å². The molecule has 0 aromatic heterocycles. The van der Waals surface area contributed by atoms with Gasteiger partial charge in [-0.25, -0.2) is 10.3 Å². The summed E-state index contributed by atoms with van der Waals surface area (Å²) < 4.78 is 1.53. The van der Waals surface area contributed by atoms with E-state index < -0.39 is 11.9 Å². The highest BCUT2D eigenvalue weighted by molar-refractivity contribution is 9.10. The summed E-state index contributed by atoms with van der Waals surface area (Å²) in [7, 11) is 0. The Morgan fingerprint density at radius 1 is 0.857 bits per heavy atom. The molecule has 0 atom stereocenters. The van der Waals surface area contributed by atoms with Gasteiger partial charge in [0.25, 0.3) is 5.91 Å². The maximum Gasteiger partial charge on any atom is 0.362 e. The standard InChI is InChI=1S/C20H13Br2N3O3/c21-14-7-5-13(6-8-14)20(27)28-25-16-11-9-15(10-12-16)23-24-19(26)17-3-1-2-4-18(17)22/h1-12,25H. The van der Waals surface area contributed by atoms with Crippen LogP contribution >= 0.6 is 31.9 Å². The van der Waals surface area contributed by atoms with Crippen molar-refractivity contribution in [1.29, 1.82) is 0 Å². The summed E-state index contributed by atoms with van der Waals surface area (Å²) in [6, 6.07) is 20.4. The molecule has 0 aliphatic heterocycles. The van der Waals surface area contributed by atoms with Crippen molar-refractivity contribution in [2.75, 3.05) is 5.48 Å². The smallest absolute Gasteiger partial charge is 0.338 e. The van der Waals surface area contributed by atoms with Crippen molar-refractivity contribution in [3.8, 4) is 0 Å². The first-order valence-corrected chi connectivity index (χ1v) is 9.65. The topological polar surface area (TPSA) is 80.1 Å². The Labute approximate surface area is 177 Å². The monoisotopic (exact) mass is 501 g/mol. The van der Waals surface area contributed by atoms with E-state index in [1.165, 1.54) is 0 Å². The summed E-state index contributed by atoms with van der Waals surface area (Å²) in [4.78, 5) is 29.1. The molecule has 1 amide bonds. The first-order valence-electron chi connectivity index (χ1n) is 8.06. The molecule has 0 spiro atoms. The van der Waals surface area contributed by atoms with Gasteiger partial charge in [0, 0.05) is 8.95 Å². The van der Waals surface area contributed by atoms with Crippen LogP contribution in [0.5, 0.6) is 0 Å². The van der Waals surface area contributed by atoms with Crippen LogP contribution in [0.3, 0.4) is 0 Å². The van der Waals surface area contributed by atoms with Crippen molar-refractivity contribution in [3.05, 3.63) is 92.9 Å². The minimum Gasteiger partial charge on any atom is -0.338 e. The van der Waals surface area contributed by atoms with Crippen LogP contribution in [0.4, 0.5) is 11.4 Å². The van der Waals surface area contributed by atoms with Gasteiger partial charge in [-0.05, 0) is 76.6 Å². The van der Waals surface area contributed by atoms with Gasteiger partial charge >= 0.3 is 5.97 Å². The number of nitrogens with zero attached hydrogens (tertiary/aromatic N) is 2. The van der Waals surface area contributed by atoms with E-state index >= 15 is 0 Å². The van der Waals surface area contributed by atoms with Gasteiger partial charge in [-0.15, -0.1) is 10.2 Å². The summed E-state index contributed by atoms with van der Waals surface area (Å²) in [5.74, 6) is -0.951. The molecule has 0 heterocycles. The quantitative estimate of drug-likeness (QED) is 0.327. The SMILES string of the molecule is O=C(ONc1ccc(N=NC(=O)c2ccccc2Br)cc1)c1ccc(Br)cc1. The van der Waals surface area contributed by atoms with Crippen molar-refractivity contribution in [2.24, 2.45) is 10.2 Å². The average Bonchev–Trinajstić information content (AvgIpc) is 2.72. The van der Waals surface area contributed by atoms with Crippen LogP contribution in [-0.4, -0.2) is 11.9 Å². The van der Waals surface area contributed by atoms with E-state index in [1.54, 1.807) is 66.7 Å². The Hall–Kier alpha value is -2.84. The van der Waals surface area contributed by atoms with Crippen LogP contribution in [0, 0.1) is 0 Å². The molecular formula is C20H13Br2N3O3. The fraction of sp³-hybridized carbons (Fsp3) is 0. The fourth-order valence-electron chi connectivity index (χ4n) is 2.14. The van der Waals surface area contributed by atoms with E-state index in [0.717, 1.165) is 4.47 Å². The van der Waals surface area contributed by atoms with Crippen LogP contribution in [0.1, 0.15) is 20.7 Å². The zero-order valence-corrected chi connectivity index (χ0v) is 17.5. The predicted octanol–water partition coefficient (Wildman–Crippen LogP) is 6.32.